The van der Waals surface area contributed by atoms with E-state index in [-0.39, 0.29) is 55.8 Å². The molecule has 0 radical (unpaired) electrons. The minimum atomic E-state index is -1.28. The van der Waals surface area contributed by atoms with Gasteiger partial charge in [0.2, 0.25) is 29.5 Å². The molecule has 0 heterocycles. The minimum absolute atomic E-state index is 0.0225. The Morgan fingerprint density at radius 2 is 1.28 bits per heavy atom. The maximum atomic E-state index is 13.7. The Balaban J connectivity index is 2.08. The maximum Gasteiger partial charge on any atom is 0.326 e. The van der Waals surface area contributed by atoms with Crippen molar-refractivity contribution in [2.75, 3.05) is 6.54 Å². The number of phenolic OH excluding ortho intramolecular Hbond substituents is 1. The minimum Gasteiger partial charge on any atom is -0.508 e. The molecule has 6 atom stereocenters. The summed E-state index contributed by atoms with van der Waals surface area (Å²) in [4.78, 5) is 81.4. The number of hydrogen-bond acceptors (Lipinski definition) is 9. The van der Waals surface area contributed by atoms with Crippen molar-refractivity contribution < 1.29 is 39.0 Å². The number of carboxylic acids is 1. The number of aliphatic imine (C=N–C) groups is 1. The van der Waals surface area contributed by atoms with Crippen molar-refractivity contribution in [1.29, 1.82) is 0 Å². The van der Waals surface area contributed by atoms with Gasteiger partial charge in [-0.3, -0.25) is 29.0 Å². The third kappa shape index (κ3) is 16.5. The van der Waals surface area contributed by atoms with Crippen LogP contribution in [0.1, 0.15) is 58.1 Å². The van der Waals surface area contributed by atoms with Gasteiger partial charge in [-0.05, 0) is 68.7 Å². The molecule has 17 nitrogen and oxygen atoms in total. The fraction of sp³-hybridized carbons (Fsp3) is 0.472. The monoisotopic (exact) mass is 739 g/mol. The lowest BCUT2D eigenvalue weighted by atomic mass is 10.00. The van der Waals surface area contributed by atoms with Gasteiger partial charge in [-0.25, -0.2) is 4.79 Å². The number of nitrogens with zero attached hydrogens (tertiary/aromatic N) is 1. The molecule has 0 aromatic heterocycles. The second-order valence-corrected chi connectivity index (χ2v) is 13.3. The van der Waals surface area contributed by atoms with E-state index in [0.29, 0.717) is 11.1 Å². The highest BCUT2D eigenvalue weighted by Crippen LogP contribution is 2.12. The van der Waals surface area contributed by atoms with Gasteiger partial charge in [-0.1, -0.05) is 56.3 Å². The lowest BCUT2D eigenvalue weighted by Gasteiger charge is -2.26. The van der Waals surface area contributed by atoms with Crippen molar-refractivity contribution >= 4 is 41.5 Å². The van der Waals surface area contributed by atoms with Gasteiger partial charge in [0.25, 0.3) is 0 Å². The molecule has 53 heavy (non-hydrogen) atoms. The van der Waals surface area contributed by atoms with Crippen LogP contribution < -0.4 is 43.8 Å². The van der Waals surface area contributed by atoms with Gasteiger partial charge in [-0.15, -0.1) is 0 Å². The zero-order chi connectivity index (χ0) is 39.7. The van der Waals surface area contributed by atoms with Gasteiger partial charge in [-0.2, -0.15) is 0 Å². The summed E-state index contributed by atoms with van der Waals surface area (Å²) in [6.07, 6.45) is 0.646. The SMILES string of the molecule is CC(C)C[C@@H](NC(=O)[C@@H](Cc1ccccc1)NC(=O)CNC(=O)[C@@H](C)NC(=O)[C@H](N)Cc1ccc(O)cc1)C(=O)N[C@@H](CC[C@@H](C)N=C(N)N)C(=O)O. The van der Waals surface area contributed by atoms with Gasteiger partial charge in [0.15, 0.2) is 5.96 Å². The van der Waals surface area contributed by atoms with E-state index >= 15 is 0 Å². The smallest absolute Gasteiger partial charge is 0.326 e. The highest BCUT2D eigenvalue weighted by atomic mass is 16.4. The standard InChI is InChI=1S/C36H53N9O8/c1-20(2)16-28(33(50)44-27(35(52)53)15-10-21(3)41-36(38)39)45-34(51)29(18-23-8-6-5-7-9-23)43-30(47)19-40-31(48)22(4)42-32(49)26(37)17-24-11-13-25(46)14-12-24/h5-9,11-14,20-22,26-29,46H,10,15-19,37H2,1-4H3,(H,40,48)(H,42,49)(H,43,47)(H,44,50)(H,45,51)(H,52,53)(H4,38,39,41)/t21-,22-,26-,27+,28-,29-/m1/s1. The molecule has 0 spiro atoms. The van der Waals surface area contributed by atoms with Crippen molar-refractivity contribution in [3.63, 3.8) is 0 Å². The van der Waals surface area contributed by atoms with Crippen molar-refractivity contribution in [3.8, 4) is 5.75 Å². The van der Waals surface area contributed by atoms with E-state index in [1.165, 1.54) is 19.1 Å². The van der Waals surface area contributed by atoms with Crippen molar-refractivity contribution in [2.24, 2.45) is 28.1 Å². The molecular weight excluding hydrogens is 686 g/mol. The summed E-state index contributed by atoms with van der Waals surface area (Å²) in [6, 6.07) is 8.96. The summed E-state index contributed by atoms with van der Waals surface area (Å²) < 4.78 is 0. The Bertz CT molecular complexity index is 1570. The number of nitrogens with one attached hydrogen (secondary N) is 5. The van der Waals surface area contributed by atoms with Crippen molar-refractivity contribution in [2.45, 2.75) is 96.1 Å². The molecular formula is C36H53N9O8. The van der Waals surface area contributed by atoms with Crippen LogP contribution in [0.3, 0.4) is 0 Å². The van der Waals surface area contributed by atoms with Gasteiger partial charge in [0.1, 0.15) is 29.9 Å². The van der Waals surface area contributed by atoms with E-state index in [2.05, 4.69) is 31.6 Å². The number of aromatic hydroxyl groups is 1. The summed E-state index contributed by atoms with van der Waals surface area (Å²) in [5.74, 6) is -4.84. The van der Waals surface area contributed by atoms with Crippen LogP contribution in [0.2, 0.25) is 0 Å². The lowest BCUT2D eigenvalue weighted by molar-refractivity contribution is -0.142. The third-order valence-corrected chi connectivity index (χ3v) is 8.04. The summed E-state index contributed by atoms with van der Waals surface area (Å²) in [6.45, 7) is 6.24. The van der Waals surface area contributed by atoms with Gasteiger partial charge in [0.05, 0.1) is 18.6 Å². The third-order valence-electron chi connectivity index (χ3n) is 8.04. The predicted molar refractivity (Wildman–Crippen MR) is 198 cm³/mol. The fourth-order valence-electron chi connectivity index (χ4n) is 5.22. The summed E-state index contributed by atoms with van der Waals surface area (Å²) in [5, 5.41) is 31.9. The first-order valence-corrected chi connectivity index (χ1v) is 17.3. The molecule has 0 aliphatic heterocycles. The summed E-state index contributed by atoms with van der Waals surface area (Å²) in [7, 11) is 0. The Labute approximate surface area is 308 Å². The number of hydrogen-bond donors (Lipinski definition) is 10. The molecule has 0 aliphatic rings. The summed E-state index contributed by atoms with van der Waals surface area (Å²) in [5.41, 5.74) is 18.2. The Kier molecular flexibility index (Phi) is 17.7. The molecule has 13 N–H and O–H groups in total. The number of carbonyl (C=O) groups is 6. The Hall–Kier alpha value is -5.71. The van der Waals surface area contributed by atoms with E-state index in [9.17, 15) is 39.0 Å². The Morgan fingerprint density at radius 1 is 0.698 bits per heavy atom. The van der Waals surface area contributed by atoms with Gasteiger partial charge < -0.3 is 54.0 Å². The second-order valence-electron chi connectivity index (χ2n) is 13.3. The molecule has 0 saturated carbocycles. The number of carboxylic acid groups (broad SMARTS) is 1. The first-order valence-electron chi connectivity index (χ1n) is 17.3. The molecule has 290 valence electrons. The molecule has 0 bridgehead atoms. The van der Waals surface area contributed by atoms with E-state index in [1.807, 2.05) is 13.8 Å². The number of carbonyl (C=O) groups excluding carboxylic acids is 5. The molecule has 0 aliphatic carbocycles. The molecule has 2 aromatic carbocycles. The van der Waals surface area contributed by atoms with Crippen LogP contribution in [0.4, 0.5) is 0 Å². The lowest BCUT2D eigenvalue weighted by Crippen LogP contribution is -2.57. The fourth-order valence-corrected chi connectivity index (χ4v) is 5.22. The molecule has 0 unspecified atom stereocenters. The highest BCUT2D eigenvalue weighted by molar-refractivity contribution is 5.95. The number of rotatable bonds is 21. The number of benzene rings is 2. The van der Waals surface area contributed by atoms with Gasteiger partial charge in [0, 0.05) is 6.42 Å². The van der Waals surface area contributed by atoms with E-state index in [0.717, 1.165) is 0 Å². The molecule has 0 saturated heterocycles. The van der Waals surface area contributed by atoms with Gasteiger partial charge >= 0.3 is 5.97 Å². The number of nitrogens with two attached hydrogens (primary N) is 3. The number of phenols is 1. The maximum absolute atomic E-state index is 13.7. The van der Waals surface area contributed by atoms with E-state index in [4.69, 9.17) is 17.2 Å². The van der Waals surface area contributed by atoms with E-state index < -0.39 is 72.3 Å². The van der Waals surface area contributed by atoms with Crippen LogP contribution in [0, 0.1) is 5.92 Å². The second kappa shape index (κ2) is 21.6. The van der Waals surface area contributed by atoms with Crippen LogP contribution in [-0.2, 0) is 41.6 Å². The molecule has 0 fully saturated rings. The van der Waals surface area contributed by atoms with Crippen molar-refractivity contribution in [3.05, 3.63) is 65.7 Å². The van der Waals surface area contributed by atoms with Crippen LogP contribution >= 0.6 is 0 Å². The normalized spacial score (nSPS) is 14.3. The van der Waals surface area contributed by atoms with Crippen LogP contribution in [-0.4, -0.2) is 94.5 Å². The number of aliphatic carboxylic acids is 1. The van der Waals surface area contributed by atoms with Crippen molar-refractivity contribution in [1.82, 2.24) is 26.6 Å². The number of guanidine groups is 1. The molecule has 2 aromatic rings. The van der Waals surface area contributed by atoms with Crippen LogP contribution in [0.25, 0.3) is 0 Å². The Morgan fingerprint density at radius 3 is 1.87 bits per heavy atom. The quantitative estimate of drug-likeness (QED) is 0.0556. The number of amides is 5. The van der Waals surface area contributed by atoms with E-state index in [1.54, 1.807) is 49.4 Å². The average Bonchev–Trinajstić information content (AvgIpc) is 3.08. The zero-order valence-corrected chi connectivity index (χ0v) is 30.5. The predicted octanol–water partition coefficient (Wildman–Crippen LogP) is -0.847. The first kappa shape index (κ1) is 43.5. The molecule has 5 amide bonds. The molecule has 2 rings (SSSR count). The zero-order valence-electron chi connectivity index (χ0n) is 30.5. The average molecular weight is 740 g/mol. The largest absolute Gasteiger partial charge is 0.508 e. The highest BCUT2D eigenvalue weighted by Gasteiger charge is 2.31. The molecule has 17 heteroatoms. The first-order chi connectivity index (χ1) is 24.9. The topological polar surface area (TPSA) is 293 Å². The summed E-state index contributed by atoms with van der Waals surface area (Å²) >= 11 is 0. The van der Waals surface area contributed by atoms with Crippen LogP contribution in [0.5, 0.6) is 5.75 Å². The van der Waals surface area contributed by atoms with Crippen LogP contribution in [0.15, 0.2) is 59.6 Å².